The Labute approximate surface area is 185 Å². The van der Waals surface area contributed by atoms with Crippen LogP contribution in [-0.2, 0) is 11.3 Å². The standard InChI is InChI=1S/C20H32N4O3.HI/c1-5-21-20(22-11-15(2)24-8-9-25-13-16(24)3)23(4)12-17-6-7-18-19(10-17)27-14-26-18;/h6-7,10,15-16H,5,8-9,11-14H2,1-4H3,(H,21,22);1H. The van der Waals surface area contributed by atoms with Crippen molar-refractivity contribution in [2.24, 2.45) is 4.99 Å². The summed E-state index contributed by atoms with van der Waals surface area (Å²) in [6, 6.07) is 6.91. The lowest BCUT2D eigenvalue weighted by Gasteiger charge is -2.37. The molecule has 0 saturated carbocycles. The average Bonchev–Trinajstić information content (AvgIpc) is 3.13. The molecule has 2 atom stereocenters. The maximum atomic E-state index is 5.55. The fourth-order valence-corrected chi connectivity index (χ4v) is 3.58. The molecule has 0 amide bonds. The number of nitrogens with zero attached hydrogens (tertiary/aromatic N) is 3. The number of fused-ring (bicyclic) bond motifs is 1. The second-order valence-corrected chi connectivity index (χ2v) is 7.25. The SMILES string of the molecule is CCNC(=NCC(C)N1CCOCC1C)N(C)Cc1ccc2c(c1)OCO2.I. The zero-order valence-electron chi connectivity index (χ0n) is 17.3. The van der Waals surface area contributed by atoms with E-state index in [2.05, 4.69) is 49.0 Å². The zero-order chi connectivity index (χ0) is 19.2. The van der Waals surface area contributed by atoms with Gasteiger partial charge in [-0.05, 0) is 38.5 Å². The Morgan fingerprint density at radius 3 is 2.89 bits per heavy atom. The first-order chi connectivity index (χ1) is 13.1. The van der Waals surface area contributed by atoms with Gasteiger partial charge in [-0.2, -0.15) is 0 Å². The fraction of sp³-hybridized carbons (Fsp3) is 0.650. The average molecular weight is 504 g/mol. The lowest BCUT2D eigenvalue weighted by atomic mass is 10.2. The van der Waals surface area contributed by atoms with Crippen LogP contribution >= 0.6 is 24.0 Å². The molecular formula is C20H33IN4O3. The predicted molar refractivity (Wildman–Crippen MR) is 122 cm³/mol. The van der Waals surface area contributed by atoms with Gasteiger partial charge in [0.25, 0.3) is 0 Å². The Morgan fingerprint density at radius 2 is 2.14 bits per heavy atom. The monoisotopic (exact) mass is 504 g/mol. The van der Waals surface area contributed by atoms with E-state index in [-0.39, 0.29) is 24.0 Å². The van der Waals surface area contributed by atoms with Crippen LogP contribution in [0.5, 0.6) is 11.5 Å². The van der Waals surface area contributed by atoms with Crippen LogP contribution in [0.4, 0.5) is 0 Å². The number of hydrogen-bond donors (Lipinski definition) is 1. The first-order valence-electron chi connectivity index (χ1n) is 9.80. The third-order valence-electron chi connectivity index (χ3n) is 5.04. The number of nitrogens with one attached hydrogen (secondary N) is 1. The minimum atomic E-state index is 0. The first kappa shape index (κ1) is 23.0. The van der Waals surface area contributed by atoms with Crippen molar-refractivity contribution in [3.63, 3.8) is 0 Å². The Morgan fingerprint density at radius 1 is 1.36 bits per heavy atom. The van der Waals surface area contributed by atoms with E-state index in [1.807, 2.05) is 12.1 Å². The summed E-state index contributed by atoms with van der Waals surface area (Å²) in [4.78, 5) is 9.51. The lowest BCUT2D eigenvalue weighted by Crippen LogP contribution is -2.49. The molecule has 0 aliphatic carbocycles. The summed E-state index contributed by atoms with van der Waals surface area (Å²) in [6.45, 7) is 11.8. The van der Waals surface area contributed by atoms with E-state index in [0.29, 0.717) is 18.9 Å². The first-order valence-corrected chi connectivity index (χ1v) is 9.80. The van der Waals surface area contributed by atoms with Gasteiger partial charge >= 0.3 is 0 Å². The molecule has 2 aliphatic heterocycles. The van der Waals surface area contributed by atoms with Crippen molar-refractivity contribution in [2.75, 3.05) is 46.7 Å². The van der Waals surface area contributed by atoms with Gasteiger partial charge in [0.1, 0.15) is 0 Å². The van der Waals surface area contributed by atoms with Gasteiger partial charge in [0.2, 0.25) is 6.79 Å². The van der Waals surface area contributed by atoms with Crippen molar-refractivity contribution in [1.29, 1.82) is 0 Å². The van der Waals surface area contributed by atoms with Crippen molar-refractivity contribution in [2.45, 2.75) is 39.4 Å². The summed E-state index contributed by atoms with van der Waals surface area (Å²) < 4.78 is 16.4. The molecule has 7 nitrogen and oxygen atoms in total. The summed E-state index contributed by atoms with van der Waals surface area (Å²) >= 11 is 0. The number of hydrogen-bond acceptors (Lipinski definition) is 5. The van der Waals surface area contributed by atoms with Crippen LogP contribution in [0, 0.1) is 0 Å². The molecule has 1 N–H and O–H groups in total. The highest BCUT2D eigenvalue weighted by Gasteiger charge is 2.23. The summed E-state index contributed by atoms with van der Waals surface area (Å²) in [7, 11) is 2.06. The third-order valence-corrected chi connectivity index (χ3v) is 5.04. The molecule has 2 heterocycles. The molecule has 0 spiro atoms. The van der Waals surface area contributed by atoms with E-state index < -0.39 is 0 Å². The molecule has 28 heavy (non-hydrogen) atoms. The second-order valence-electron chi connectivity index (χ2n) is 7.25. The smallest absolute Gasteiger partial charge is 0.231 e. The van der Waals surface area contributed by atoms with Crippen LogP contribution in [-0.4, -0.2) is 74.5 Å². The normalized spacial score (nSPS) is 20.4. The molecule has 1 aromatic rings. The highest BCUT2D eigenvalue weighted by molar-refractivity contribution is 14.0. The highest BCUT2D eigenvalue weighted by atomic mass is 127. The maximum Gasteiger partial charge on any atom is 0.231 e. The van der Waals surface area contributed by atoms with Crippen molar-refractivity contribution < 1.29 is 14.2 Å². The molecule has 3 rings (SSSR count). The topological polar surface area (TPSA) is 58.6 Å². The Hall–Kier alpha value is -1.26. The van der Waals surface area contributed by atoms with E-state index in [4.69, 9.17) is 19.2 Å². The largest absolute Gasteiger partial charge is 0.454 e. The van der Waals surface area contributed by atoms with E-state index in [0.717, 1.165) is 56.9 Å². The van der Waals surface area contributed by atoms with Gasteiger partial charge < -0.3 is 24.4 Å². The summed E-state index contributed by atoms with van der Waals surface area (Å²) in [6.07, 6.45) is 0. The summed E-state index contributed by atoms with van der Waals surface area (Å²) in [5.41, 5.74) is 1.17. The van der Waals surface area contributed by atoms with Crippen LogP contribution in [0.1, 0.15) is 26.3 Å². The van der Waals surface area contributed by atoms with Crippen LogP contribution in [0.3, 0.4) is 0 Å². The zero-order valence-corrected chi connectivity index (χ0v) is 19.6. The quantitative estimate of drug-likeness (QED) is 0.365. The fourth-order valence-electron chi connectivity index (χ4n) is 3.58. The maximum absolute atomic E-state index is 5.55. The number of rotatable bonds is 6. The predicted octanol–water partition coefficient (Wildman–Crippen LogP) is 2.54. The van der Waals surface area contributed by atoms with Crippen molar-refractivity contribution in [3.05, 3.63) is 23.8 Å². The van der Waals surface area contributed by atoms with E-state index in [1.165, 1.54) is 5.56 Å². The van der Waals surface area contributed by atoms with Crippen LogP contribution < -0.4 is 14.8 Å². The number of ether oxygens (including phenoxy) is 3. The number of halogens is 1. The van der Waals surface area contributed by atoms with Gasteiger partial charge in [0, 0.05) is 38.8 Å². The van der Waals surface area contributed by atoms with Gasteiger partial charge in [-0.25, -0.2) is 0 Å². The molecule has 8 heteroatoms. The van der Waals surface area contributed by atoms with Gasteiger partial charge in [-0.1, -0.05) is 6.07 Å². The summed E-state index contributed by atoms with van der Waals surface area (Å²) in [5, 5.41) is 3.40. The Bertz CT molecular complexity index is 658. The van der Waals surface area contributed by atoms with Crippen molar-refractivity contribution >= 4 is 29.9 Å². The Kier molecular flexibility index (Phi) is 9.10. The second kappa shape index (κ2) is 11.1. The molecule has 0 aromatic heterocycles. The minimum absolute atomic E-state index is 0. The van der Waals surface area contributed by atoms with E-state index >= 15 is 0 Å². The molecule has 1 fully saturated rings. The molecule has 0 bridgehead atoms. The van der Waals surface area contributed by atoms with Crippen molar-refractivity contribution in [3.8, 4) is 11.5 Å². The third kappa shape index (κ3) is 5.87. The number of morpholine rings is 1. The highest BCUT2D eigenvalue weighted by Crippen LogP contribution is 2.32. The van der Waals surface area contributed by atoms with E-state index in [9.17, 15) is 0 Å². The number of benzene rings is 1. The number of aliphatic imine (C=N–C) groups is 1. The minimum Gasteiger partial charge on any atom is -0.454 e. The van der Waals surface area contributed by atoms with Gasteiger partial charge in [0.15, 0.2) is 17.5 Å². The van der Waals surface area contributed by atoms with Gasteiger partial charge in [-0.3, -0.25) is 9.89 Å². The van der Waals surface area contributed by atoms with Gasteiger partial charge in [0.05, 0.1) is 19.8 Å². The van der Waals surface area contributed by atoms with Crippen molar-refractivity contribution in [1.82, 2.24) is 15.1 Å². The molecule has 2 unspecified atom stereocenters. The lowest BCUT2D eigenvalue weighted by molar-refractivity contribution is -0.0166. The molecule has 0 radical (unpaired) electrons. The molecule has 1 saturated heterocycles. The van der Waals surface area contributed by atoms with Crippen LogP contribution in [0.15, 0.2) is 23.2 Å². The molecule has 1 aromatic carbocycles. The Balaban J connectivity index is 0.00000280. The number of guanidine groups is 1. The van der Waals surface area contributed by atoms with E-state index in [1.54, 1.807) is 0 Å². The van der Waals surface area contributed by atoms with Gasteiger partial charge in [-0.15, -0.1) is 24.0 Å². The van der Waals surface area contributed by atoms with Crippen LogP contribution in [0.2, 0.25) is 0 Å². The molecule has 2 aliphatic rings. The van der Waals surface area contributed by atoms with Crippen LogP contribution in [0.25, 0.3) is 0 Å². The molecular weight excluding hydrogens is 471 g/mol. The molecule has 158 valence electrons. The summed E-state index contributed by atoms with van der Waals surface area (Å²) in [5.74, 6) is 2.55.